The van der Waals surface area contributed by atoms with Crippen LogP contribution in [0.15, 0.2) is 89.6 Å². The number of carbonyl (C=O) groups is 1. The molecule has 4 rings (SSSR count). The van der Waals surface area contributed by atoms with Crippen molar-refractivity contribution in [2.45, 2.75) is 0 Å². The Hall–Kier alpha value is -3.73. The molecule has 0 radical (unpaired) electrons. The van der Waals surface area contributed by atoms with Crippen LogP contribution < -0.4 is 9.64 Å². The van der Waals surface area contributed by atoms with Gasteiger partial charge in [0.15, 0.2) is 0 Å². The van der Waals surface area contributed by atoms with Crippen LogP contribution >= 0.6 is 0 Å². The van der Waals surface area contributed by atoms with Crippen molar-refractivity contribution in [3.63, 3.8) is 0 Å². The van der Waals surface area contributed by atoms with E-state index in [1.54, 1.807) is 42.4 Å². The average molecular weight is 372 g/mol. The number of ether oxygens (including phenoxy) is 1. The second-order valence-electron chi connectivity index (χ2n) is 6.22. The highest BCUT2D eigenvalue weighted by Crippen LogP contribution is 2.29. The summed E-state index contributed by atoms with van der Waals surface area (Å²) in [6.07, 6.45) is 1.66. The van der Waals surface area contributed by atoms with E-state index in [1.807, 2.05) is 42.5 Å². The van der Waals surface area contributed by atoms with Gasteiger partial charge in [-0.25, -0.2) is 9.38 Å². The van der Waals surface area contributed by atoms with E-state index in [1.165, 1.54) is 12.1 Å². The lowest BCUT2D eigenvalue weighted by Crippen LogP contribution is -2.32. The number of carbonyl (C=O) groups excluding carboxylic acids is 1. The number of amides is 1. The molecule has 5 heteroatoms. The van der Waals surface area contributed by atoms with Crippen LogP contribution in [0.4, 0.5) is 10.1 Å². The van der Waals surface area contributed by atoms with Crippen LogP contribution in [0.1, 0.15) is 11.1 Å². The number of benzene rings is 3. The molecule has 0 unspecified atom stereocenters. The number of anilines is 1. The van der Waals surface area contributed by atoms with Gasteiger partial charge in [-0.1, -0.05) is 42.5 Å². The third-order valence-electron chi connectivity index (χ3n) is 4.40. The second kappa shape index (κ2) is 7.48. The fraction of sp³-hybridized carbons (Fsp3) is 0.0435. The maximum atomic E-state index is 13.2. The molecular weight excluding hydrogens is 355 g/mol. The fourth-order valence-corrected chi connectivity index (χ4v) is 2.99. The van der Waals surface area contributed by atoms with Gasteiger partial charge in [0.2, 0.25) is 0 Å². The lowest BCUT2D eigenvalue weighted by Gasteiger charge is -2.18. The molecule has 28 heavy (non-hydrogen) atoms. The predicted octanol–water partition coefficient (Wildman–Crippen LogP) is 4.67. The Labute approximate surface area is 162 Å². The van der Waals surface area contributed by atoms with Gasteiger partial charge in [0.1, 0.15) is 23.1 Å². The largest absolute Gasteiger partial charge is 0.497 e. The molecular formula is C23H17FN2O2. The highest BCUT2D eigenvalue weighted by atomic mass is 19.1. The summed E-state index contributed by atoms with van der Waals surface area (Å²) in [4.78, 5) is 19.3. The molecule has 1 aliphatic heterocycles. The summed E-state index contributed by atoms with van der Waals surface area (Å²) in [7, 11) is 1.59. The summed E-state index contributed by atoms with van der Waals surface area (Å²) in [5, 5.41) is 0. The number of methoxy groups -OCH3 is 1. The molecule has 4 nitrogen and oxygen atoms in total. The quantitative estimate of drug-likeness (QED) is 0.625. The first-order chi connectivity index (χ1) is 13.7. The van der Waals surface area contributed by atoms with Crippen molar-refractivity contribution in [2.24, 2.45) is 4.99 Å². The number of nitrogens with zero attached hydrogens (tertiary/aromatic N) is 2. The van der Waals surface area contributed by atoms with E-state index in [9.17, 15) is 9.18 Å². The molecule has 0 saturated heterocycles. The van der Waals surface area contributed by atoms with Crippen LogP contribution in [0.3, 0.4) is 0 Å². The van der Waals surface area contributed by atoms with Gasteiger partial charge < -0.3 is 4.74 Å². The van der Waals surface area contributed by atoms with E-state index < -0.39 is 0 Å². The van der Waals surface area contributed by atoms with Gasteiger partial charge in [-0.05, 0) is 48.0 Å². The van der Waals surface area contributed by atoms with Crippen molar-refractivity contribution in [3.05, 3.63) is 102 Å². The third kappa shape index (κ3) is 3.42. The minimum atomic E-state index is -0.326. The molecule has 138 valence electrons. The first-order valence-electron chi connectivity index (χ1n) is 8.75. The molecule has 0 bridgehead atoms. The Morgan fingerprint density at radius 2 is 1.61 bits per heavy atom. The van der Waals surface area contributed by atoms with E-state index in [-0.39, 0.29) is 11.7 Å². The van der Waals surface area contributed by atoms with Gasteiger partial charge in [-0.2, -0.15) is 0 Å². The molecule has 1 heterocycles. The Balaban J connectivity index is 1.79. The summed E-state index contributed by atoms with van der Waals surface area (Å²) < 4.78 is 18.4. The van der Waals surface area contributed by atoms with E-state index in [0.717, 1.165) is 5.56 Å². The number of aliphatic imine (C=N–C) groups is 1. The lowest BCUT2D eigenvalue weighted by molar-refractivity contribution is -0.113. The van der Waals surface area contributed by atoms with E-state index >= 15 is 0 Å². The smallest absolute Gasteiger partial charge is 0.282 e. The highest BCUT2D eigenvalue weighted by Gasteiger charge is 2.32. The predicted molar refractivity (Wildman–Crippen MR) is 108 cm³/mol. The Morgan fingerprint density at radius 1 is 0.929 bits per heavy atom. The molecule has 0 saturated carbocycles. The molecule has 1 aliphatic rings. The number of halogens is 1. The number of hydrogen-bond acceptors (Lipinski definition) is 3. The zero-order valence-electron chi connectivity index (χ0n) is 15.2. The normalized spacial score (nSPS) is 15.1. The second-order valence-corrected chi connectivity index (χ2v) is 6.22. The number of rotatable bonds is 4. The zero-order chi connectivity index (χ0) is 19.5. The van der Waals surface area contributed by atoms with Crippen molar-refractivity contribution in [3.8, 4) is 5.75 Å². The molecule has 0 fully saturated rings. The van der Waals surface area contributed by atoms with Gasteiger partial charge in [0.05, 0.1) is 12.8 Å². The van der Waals surface area contributed by atoms with Crippen molar-refractivity contribution in [2.75, 3.05) is 12.0 Å². The summed E-state index contributed by atoms with van der Waals surface area (Å²) in [5.41, 5.74) is 2.52. The minimum absolute atomic E-state index is 0.242. The summed E-state index contributed by atoms with van der Waals surface area (Å²) >= 11 is 0. The van der Waals surface area contributed by atoms with Crippen LogP contribution in [-0.4, -0.2) is 18.9 Å². The van der Waals surface area contributed by atoms with Gasteiger partial charge in [-0.3, -0.25) is 9.69 Å². The van der Waals surface area contributed by atoms with E-state index in [2.05, 4.69) is 4.99 Å². The van der Waals surface area contributed by atoms with Crippen molar-refractivity contribution in [1.82, 2.24) is 0 Å². The van der Waals surface area contributed by atoms with Crippen LogP contribution in [0, 0.1) is 5.82 Å². The molecule has 0 aromatic heterocycles. The van der Waals surface area contributed by atoms with Gasteiger partial charge in [0.25, 0.3) is 5.91 Å². The molecule has 0 aliphatic carbocycles. The first kappa shape index (κ1) is 17.7. The Bertz CT molecular complexity index is 1060. The average Bonchev–Trinajstić information content (AvgIpc) is 3.06. The van der Waals surface area contributed by atoms with Crippen LogP contribution in [0.2, 0.25) is 0 Å². The summed E-state index contributed by atoms with van der Waals surface area (Å²) in [6.45, 7) is 0. The van der Waals surface area contributed by atoms with Gasteiger partial charge in [0, 0.05) is 5.56 Å². The molecule has 1 amide bonds. The van der Waals surface area contributed by atoms with E-state index in [0.29, 0.717) is 28.5 Å². The first-order valence-corrected chi connectivity index (χ1v) is 8.75. The fourth-order valence-electron chi connectivity index (χ4n) is 2.99. The van der Waals surface area contributed by atoms with Crippen LogP contribution in [-0.2, 0) is 4.79 Å². The number of hydrogen-bond donors (Lipinski definition) is 0. The molecule has 3 aromatic carbocycles. The molecule has 0 atom stereocenters. The van der Waals surface area contributed by atoms with Gasteiger partial charge >= 0.3 is 0 Å². The van der Waals surface area contributed by atoms with Crippen molar-refractivity contribution < 1.29 is 13.9 Å². The summed E-state index contributed by atoms with van der Waals surface area (Å²) in [5.74, 6) is 0.682. The SMILES string of the molecule is COc1ccc(N2C(=O)/C(=C\c3ccc(F)cc3)N=C2c2ccccc2)cc1. The molecule has 3 aromatic rings. The minimum Gasteiger partial charge on any atom is -0.497 e. The van der Waals surface area contributed by atoms with Crippen molar-refractivity contribution in [1.29, 1.82) is 0 Å². The molecule has 0 N–H and O–H groups in total. The summed E-state index contributed by atoms with van der Waals surface area (Å²) in [6, 6.07) is 22.7. The maximum absolute atomic E-state index is 13.2. The van der Waals surface area contributed by atoms with Crippen LogP contribution in [0.25, 0.3) is 6.08 Å². The van der Waals surface area contributed by atoms with Crippen LogP contribution in [0.5, 0.6) is 5.75 Å². The zero-order valence-corrected chi connectivity index (χ0v) is 15.2. The Kier molecular flexibility index (Phi) is 4.72. The topological polar surface area (TPSA) is 41.9 Å². The standard InChI is InChI=1S/C23H17FN2O2/c1-28-20-13-11-19(12-14-20)26-22(17-5-3-2-4-6-17)25-21(23(26)27)15-16-7-9-18(24)10-8-16/h2-15H,1H3/b21-15+. The Morgan fingerprint density at radius 3 is 2.25 bits per heavy atom. The number of amidine groups is 1. The van der Waals surface area contributed by atoms with Gasteiger partial charge in [-0.15, -0.1) is 0 Å². The maximum Gasteiger partial charge on any atom is 0.282 e. The lowest BCUT2D eigenvalue weighted by atomic mass is 10.1. The van der Waals surface area contributed by atoms with Crippen molar-refractivity contribution >= 4 is 23.5 Å². The third-order valence-corrected chi connectivity index (χ3v) is 4.40. The monoisotopic (exact) mass is 372 g/mol. The van der Waals surface area contributed by atoms with E-state index in [4.69, 9.17) is 4.74 Å². The highest BCUT2D eigenvalue weighted by molar-refractivity contribution is 6.33. The molecule has 0 spiro atoms.